The molecule has 0 aliphatic carbocycles. The Morgan fingerprint density at radius 1 is 0.611 bits per heavy atom. The molecular weight excluding hydrogens is 448 g/mol. The lowest BCUT2D eigenvalue weighted by Crippen LogP contribution is -2.14. The van der Waals surface area contributed by atoms with E-state index in [4.69, 9.17) is 9.47 Å². The van der Waals surface area contributed by atoms with Crippen molar-refractivity contribution >= 4 is 0 Å². The quantitative estimate of drug-likeness (QED) is 0.311. The van der Waals surface area contributed by atoms with Crippen LogP contribution in [0.1, 0.15) is 127 Å². The molecule has 2 aromatic rings. The van der Waals surface area contributed by atoms with Crippen LogP contribution in [-0.4, -0.2) is 24.4 Å². The lowest BCUT2D eigenvalue weighted by atomic mass is 9.83. The number of benzene rings is 2. The summed E-state index contributed by atoms with van der Waals surface area (Å²) < 4.78 is 11.5. The van der Waals surface area contributed by atoms with E-state index in [0.29, 0.717) is 0 Å². The minimum absolute atomic E-state index is 0.0101. The fraction of sp³-hybridized carbons (Fsp3) is 0.625. The van der Waals surface area contributed by atoms with Crippen LogP contribution in [0.15, 0.2) is 24.3 Å². The summed E-state index contributed by atoms with van der Waals surface area (Å²) in [6.45, 7) is 16.8. The third kappa shape index (κ3) is 7.73. The van der Waals surface area contributed by atoms with Gasteiger partial charge in [0.15, 0.2) is 0 Å². The molecule has 0 saturated heterocycles. The molecule has 0 saturated carbocycles. The molecule has 0 heterocycles. The van der Waals surface area contributed by atoms with E-state index in [9.17, 15) is 10.2 Å². The van der Waals surface area contributed by atoms with Crippen molar-refractivity contribution in [1.82, 2.24) is 0 Å². The fourth-order valence-corrected chi connectivity index (χ4v) is 4.77. The Bertz CT molecular complexity index is 909. The van der Waals surface area contributed by atoms with Gasteiger partial charge in [-0.1, -0.05) is 66.5 Å². The number of hydrogen-bond acceptors (Lipinski definition) is 4. The van der Waals surface area contributed by atoms with Gasteiger partial charge in [-0.3, -0.25) is 0 Å². The molecule has 0 aromatic heterocycles. The number of aliphatic hydroxyl groups excluding tert-OH is 2. The van der Waals surface area contributed by atoms with Crippen molar-refractivity contribution in [2.24, 2.45) is 0 Å². The van der Waals surface area contributed by atoms with Crippen LogP contribution in [0.3, 0.4) is 0 Å². The Balaban J connectivity index is 2.09. The highest BCUT2D eigenvalue weighted by atomic mass is 16.5. The zero-order chi connectivity index (χ0) is 27.3. The Hall–Kier alpha value is -2.04. The van der Waals surface area contributed by atoms with Crippen molar-refractivity contribution in [3.8, 4) is 11.5 Å². The maximum Gasteiger partial charge on any atom is 0.127 e. The van der Waals surface area contributed by atoms with Crippen LogP contribution >= 0.6 is 0 Å². The molecule has 202 valence electrons. The summed E-state index contributed by atoms with van der Waals surface area (Å²) in [5.74, 6) is 1.65. The van der Waals surface area contributed by atoms with Gasteiger partial charge in [0.05, 0.1) is 26.4 Å². The van der Waals surface area contributed by atoms with Gasteiger partial charge in [0.25, 0.3) is 0 Å². The zero-order valence-corrected chi connectivity index (χ0v) is 24.4. The maximum atomic E-state index is 10.4. The van der Waals surface area contributed by atoms with Crippen LogP contribution in [0.2, 0.25) is 0 Å². The molecule has 2 atom stereocenters. The molecule has 4 heteroatoms. The topological polar surface area (TPSA) is 58.9 Å². The van der Waals surface area contributed by atoms with Gasteiger partial charge in [-0.25, -0.2) is 0 Å². The molecule has 0 radical (unpaired) electrons. The predicted octanol–water partition coefficient (Wildman–Crippen LogP) is 7.75. The monoisotopic (exact) mass is 498 g/mol. The summed E-state index contributed by atoms with van der Waals surface area (Å²) in [5, 5.41) is 20.7. The van der Waals surface area contributed by atoms with Gasteiger partial charge in [0.1, 0.15) is 11.5 Å². The van der Waals surface area contributed by atoms with Crippen molar-refractivity contribution < 1.29 is 19.7 Å². The first-order chi connectivity index (χ1) is 16.7. The summed E-state index contributed by atoms with van der Waals surface area (Å²) in [5.41, 5.74) is 6.60. The van der Waals surface area contributed by atoms with Crippen LogP contribution in [0.25, 0.3) is 0 Å². The van der Waals surface area contributed by atoms with Crippen molar-refractivity contribution in [3.63, 3.8) is 0 Å². The normalized spacial score (nSPS) is 14.0. The minimum atomic E-state index is -0.564. The molecular formula is C32H50O4. The second kappa shape index (κ2) is 12.5. The van der Waals surface area contributed by atoms with Crippen molar-refractivity contribution in [1.29, 1.82) is 0 Å². The largest absolute Gasteiger partial charge is 0.496 e. The van der Waals surface area contributed by atoms with Gasteiger partial charge < -0.3 is 19.7 Å². The molecule has 2 rings (SSSR count). The van der Waals surface area contributed by atoms with Crippen LogP contribution < -0.4 is 9.47 Å². The van der Waals surface area contributed by atoms with E-state index in [2.05, 4.69) is 65.8 Å². The van der Waals surface area contributed by atoms with Crippen LogP contribution in [0.5, 0.6) is 11.5 Å². The third-order valence-electron chi connectivity index (χ3n) is 7.07. The molecule has 0 bridgehead atoms. The molecule has 2 N–H and O–H groups in total. The second-order valence-corrected chi connectivity index (χ2v) is 12.3. The van der Waals surface area contributed by atoms with Gasteiger partial charge in [-0.05, 0) is 84.7 Å². The van der Waals surface area contributed by atoms with E-state index in [1.54, 1.807) is 28.1 Å². The van der Waals surface area contributed by atoms with Gasteiger partial charge in [0.2, 0.25) is 0 Å². The van der Waals surface area contributed by atoms with E-state index in [1.807, 2.05) is 0 Å². The van der Waals surface area contributed by atoms with E-state index in [-0.39, 0.29) is 10.8 Å². The highest BCUT2D eigenvalue weighted by molar-refractivity contribution is 5.48. The van der Waals surface area contributed by atoms with E-state index in [1.165, 1.54) is 22.3 Å². The maximum absolute atomic E-state index is 10.4. The average molecular weight is 499 g/mol. The van der Waals surface area contributed by atoms with E-state index in [0.717, 1.165) is 61.2 Å². The molecule has 0 amide bonds. The zero-order valence-electron chi connectivity index (χ0n) is 24.4. The molecule has 36 heavy (non-hydrogen) atoms. The summed E-state index contributed by atoms with van der Waals surface area (Å²) in [6.07, 6.45) is 5.12. The number of aliphatic hydroxyl groups is 2. The standard InChI is InChI=1S/C32H50O4/c1-21(33)27-19-25(31(3,4)5)17-23(29(27)35-9)15-13-11-12-14-16-24-18-26(32(6,7)8)20-28(22(2)34)30(24)36-10/h17-22,33-34H,11-16H2,1-10H3. The Morgan fingerprint density at radius 3 is 1.19 bits per heavy atom. The highest BCUT2D eigenvalue weighted by Gasteiger charge is 2.22. The molecule has 2 unspecified atom stereocenters. The lowest BCUT2D eigenvalue weighted by molar-refractivity contribution is 0.193. The molecule has 2 aromatic carbocycles. The number of hydrogen-bond donors (Lipinski definition) is 2. The average Bonchev–Trinajstić information content (AvgIpc) is 2.78. The molecule has 0 aliphatic heterocycles. The van der Waals surface area contributed by atoms with Gasteiger partial charge in [-0.15, -0.1) is 0 Å². The van der Waals surface area contributed by atoms with E-state index < -0.39 is 12.2 Å². The Kier molecular flexibility index (Phi) is 10.5. The van der Waals surface area contributed by atoms with Crippen molar-refractivity contribution in [2.75, 3.05) is 14.2 Å². The highest BCUT2D eigenvalue weighted by Crippen LogP contribution is 2.37. The second-order valence-electron chi connectivity index (χ2n) is 12.3. The number of aryl methyl sites for hydroxylation is 2. The van der Waals surface area contributed by atoms with Crippen molar-refractivity contribution in [2.45, 2.75) is 117 Å². The van der Waals surface area contributed by atoms with Crippen LogP contribution in [0.4, 0.5) is 0 Å². The Labute approximate surface area is 220 Å². The smallest absolute Gasteiger partial charge is 0.127 e. The SMILES string of the molecule is COc1c(CCCCCCc2cc(C(C)(C)C)cc(C(C)O)c2OC)cc(C(C)(C)C)cc1C(C)O. The Morgan fingerprint density at radius 2 is 0.944 bits per heavy atom. The fourth-order valence-electron chi connectivity index (χ4n) is 4.77. The molecule has 0 aliphatic rings. The first-order valence-electron chi connectivity index (χ1n) is 13.5. The van der Waals surface area contributed by atoms with Gasteiger partial charge in [-0.2, -0.15) is 0 Å². The number of rotatable bonds is 11. The minimum Gasteiger partial charge on any atom is -0.496 e. The van der Waals surface area contributed by atoms with Gasteiger partial charge >= 0.3 is 0 Å². The summed E-state index contributed by atoms with van der Waals surface area (Å²) in [7, 11) is 3.39. The number of unbranched alkanes of at least 4 members (excludes halogenated alkanes) is 3. The van der Waals surface area contributed by atoms with Gasteiger partial charge in [0, 0.05) is 11.1 Å². The van der Waals surface area contributed by atoms with Crippen LogP contribution in [0, 0.1) is 0 Å². The molecule has 0 spiro atoms. The third-order valence-corrected chi connectivity index (χ3v) is 7.07. The predicted molar refractivity (Wildman–Crippen MR) is 151 cm³/mol. The van der Waals surface area contributed by atoms with Crippen molar-refractivity contribution in [3.05, 3.63) is 57.6 Å². The van der Waals surface area contributed by atoms with Crippen LogP contribution in [-0.2, 0) is 23.7 Å². The first-order valence-corrected chi connectivity index (χ1v) is 13.5. The van der Waals surface area contributed by atoms with E-state index >= 15 is 0 Å². The molecule has 4 nitrogen and oxygen atoms in total. The summed E-state index contributed by atoms with van der Waals surface area (Å²) in [4.78, 5) is 0. The summed E-state index contributed by atoms with van der Waals surface area (Å²) in [6, 6.07) is 8.69. The number of methoxy groups -OCH3 is 2. The number of ether oxygens (including phenoxy) is 2. The summed E-state index contributed by atoms with van der Waals surface area (Å²) >= 11 is 0. The lowest BCUT2D eigenvalue weighted by Gasteiger charge is -2.25. The first kappa shape index (κ1) is 30.2. The molecule has 0 fully saturated rings.